The van der Waals surface area contributed by atoms with E-state index in [-0.39, 0.29) is 18.8 Å². The molecule has 0 amide bonds. The van der Waals surface area contributed by atoms with Crippen LogP contribution in [-0.4, -0.2) is 49.4 Å². The number of carbonyl (C=O) groups is 3. The van der Waals surface area contributed by atoms with Crippen molar-refractivity contribution in [3.63, 3.8) is 0 Å². The maximum absolute atomic E-state index is 11.1. The largest absolute Gasteiger partial charge is 0.481 e. The molecule has 0 spiro atoms. The number of ether oxygens (including phenoxy) is 3. The normalized spacial score (nSPS) is 9.61. The van der Waals surface area contributed by atoms with E-state index in [1.165, 1.54) is 0 Å². The van der Waals surface area contributed by atoms with Crippen molar-refractivity contribution in [1.29, 1.82) is 0 Å². The third-order valence-electron chi connectivity index (χ3n) is 1.67. The van der Waals surface area contributed by atoms with E-state index in [4.69, 9.17) is 9.84 Å². The van der Waals surface area contributed by atoms with E-state index < -0.39 is 30.9 Å². The van der Waals surface area contributed by atoms with Crippen LogP contribution in [0.3, 0.4) is 0 Å². The maximum atomic E-state index is 11.1. The summed E-state index contributed by atoms with van der Waals surface area (Å²) in [6.07, 6.45) is -0.530. The fraction of sp³-hybridized carbons (Fsp3) is 0.545. The van der Waals surface area contributed by atoms with Crippen LogP contribution in [0.2, 0.25) is 0 Å². The molecule has 0 aliphatic rings. The van der Waals surface area contributed by atoms with Crippen molar-refractivity contribution in [3.8, 4) is 0 Å². The van der Waals surface area contributed by atoms with E-state index >= 15 is 0 Å². The first-order chi connectivity index (χ1) is 8.47. The van der Waals surface area contributed by atoms with Gasteiger partial charge in [-0.2, -0.15) is 0 Å². The number of hydrogen-bond donors (Lipinski definition) is 1. The third-order valence-corrected chi connectivity index (χ3v) is 1.67. The van der Waals surface area contributed by atoms with E-state index in [2.05, 4.69) is 16.1 Å². The maximum Gasteiger partial charge on any atom is 0.344 e. The van der Waals surface area contributed by atoms with Crippen molar-refractivity contribution < 1.29 is 33.7 Å². The molecule has 0 rings (SSSR count). The van der Waals surface area contributed by atoms with E-state index in [9.17, 15) is 14.4 Å². The number of hydrogen-bond acceptors (Lipinski definition) is 6. The van der Waals surface area contributed by atoms with Gasteiger partial charge in [-0.25, -0.2) is 9.59 Å². The molecule has 0 radical (unpaired) electrons. The highest BCUT2D eigenvalue weighted by molar-refractivity contribution is 5.93. The molecule has 18 heavy (non-hydrogen) atoms. The molecule has 0 aromatic rings. The fourth-order valence-electron chi connectivity index (χ4n) is 0.882. The molecule has 0 fully saturated rings. The van der Waals surface area contributed by atoms with Crippen molar-refractivity contribution >= 4 is 17.9 Å². The van der Waals surface area contributed by atoms with Crippen LogP contribution in [0.25, 0.3) is 0 Å². The second-order valence-electron chi connectivity index (χ2n) is 3.17. The van der Waals surface area contributed by atoms with E-state index in [1.54, 1.807) is 6.92 Å². The van der Waals surface area contributed by atoms with Gasteiger partial charge in [0, 0.05) is 12.2 Å². The number of carbonyl (C=O) groups excluding carboxylic acids is 2. The summed E-state index contributed by atoms with van der Waals surface area (Å²) in [4.78, 5) is 32.5. The molecular formula is C11H16O7. The highest BCUT2D eigenvalue weighted by Gasteiger charge is 2.14. The van der Waals surface area contributed by atoms with Crippen molar-refractivity contribution in [2.75, 3.05) is 26.4 Å². The number of carboxylic acid groups (broad SMARTS) is 1. The summed E-state index contributed by atoms with van der Waals surface area (Å²) in [6.45, 7) is 5.31. The second-order valence-corrected chi connectivity index (χ2v) is 3.17. The van der Waals surface area contributed by atoms with Crippen molar-refractivity contribution in [1.82, 2.24) is 0 Å². The molecule has 1 N–H and O–H groups in total. The molecule has 0 aliphatic heterocycles. The van der Waals surface area contributed by atoms with Crippen LogP contribution in [0.5, 0.6) is 0 Å². The van der Waals surface area contributed by atoms with Gasteiger partial charge in [0.2, 0.25) is 0 Å². The quantitative estimate of drug-likeness (QED) is 0.357. The summed E-state index contributed by atoms with van der Waals surface area (Å²) in [6, 6.07) is 0. The van der Waals surface area contributed by atoms with Gasteiger partial charge in [0.1, 0.15) is 6.61 Å². The number of esters is 2. The SMILES string of the molecule is C=C(CC(=O)O)C(=O)OCC(=O)OCCOCC. The molecule has 7 nitrogen and oxygen atoms in total. The Morgan fingerprint density at radius 2 is 1.83 bits per heavy atom. The summed E-state index contributed by atoms with van der Waals surface area (Å²) >= 11 is 0. The Morgan fingerprint density at radius 3 is 2.39 bits per heavy atom. The molecule has 0 atom stereocenters. The molecule has 0 aromatic heterocycles. The topological polar surface area (TPSA) is 99.1 Å². The summed E-state index contributed by atoms with van der Waals surface area (Å²) in [5, 5.41) is 8.40. The smallest absolute Gasteiger partial charge is 0.344 e. The minimum Gasteiger partial charge on any atom is -0.481 e. The molecule has 0 aromatic carbocycles. The van der Waals surface area contributed by atoms with Gasteiger partial charge in [-0.15, -0.1) is 0 Å². The Hall–Kier alpha value is -1.89. The van der Waals surface area contributed by atoms with E-state index in [1.807, 2.05) is 0 Å². The zero-order valence-electron chi connectivity index (χ0n) is 10.1. The van der Waals surface area contributed by atoms with Gasteiger partial charge in [0.05, 0.1) is 13.0 Å². The molecule has 0 unspecified atom stereocenters. The average Bonchev–Trinajstić information content (AvgIpc) is 2.30. The van der Waals surface area contributed by atoms with Crippen LogP contribution in [0.1, 0.15) is 13.3 Å². The van der Waals surface area contributed by atoms with E-state index in [0.29, 0.717) is 6.61 Å². The average molecular weight is 260 g/mol. The van der Waals surface area contributed by atoms with Crippen molar-refractivity contribution in [2.24, 2.45) is 0 Å². The molecular weight excluding hydrogens is 244 g/mol. The number of carboxylic acids is 1. The monoisotopic (exact) mass is 260 g/mol. The molecule has 7 heteroatoms. The Morgan fingerprint density at radius 1 is 1.17 bits per heavy atom. The Labute approximate surface area is 104 Å². The van der Waals surface area contributed by atoms with Crippen LogP contribution in [0.4, 0.5) is 0 Å². The Kier molecular flexibility index (Phi) is 8.21. The summed E-state index contributed by atoms with van der Waals surface area (Å²) < 4.78 is 14.1. The van der Waals surface area contributed by atoms with Gasteiger partial charge in [-0.1, -0.05) is 6.58 Å². The second kappa shape index (κ2) is 9.17. The van der Waals surface area contributed by atoms with Crippen LogP contribution in [0, 0.1) is 0 Å². The standard InChI is InChI=1S/C11H16O7/c1-3-16-4-5-17-10(14)7-18-11(15)8(2)6-9(12)13/h2-7H2,1H3,(H,12,13). The van der Waals surface area contributed by atoms with Gasteiger partial charge in [-0.05, 0) is 6.92 Å². The molecule has 102 valence electrons. The molecule has 0 heterocycles. The zero-order valence-corrected chi connectivity index (χ0v) is 10.1. The molecule has 0 saturated carbocycles. The first kappa shape index (κ1) is 16.1. The molecule has 0 bridgehead atoms. The zero-order chi connectivity index (χ0) is 14.0. The third kappa shape index (κ3) is 8.28. The van der Waals surface area contributed by atoms with Gasteiger partial charge in [0.25, 0.3) is 0 Å². The van der Waals surface area contributed by atoms with Gasteiger partial charge in [-0.3, -0.25) is 4.79 Å². The highest BCUT2D eigenvalue weighted by Crippen LogP contribution is 2.01. The van der Waals surface area contributed by atoms with E-state index in [0.717, 1.165) is 0 Å². The van der Waals surface area contributed by atoms with Gasteiger partial charge >= 0.3 is 17.9 Å². The fourth-order valence-corrected chi connectivity index (χ4v) is 0.882. The van der Waals surface area contributed by atoms with Crippen molar-refractivity contribution in [3.05, 3.63) is 12.2 Å². The number of rotatable bonds is 9. The lowest BCUT2D eigenvalue weighted by Gasteiger charge is -2.06. The van der Waals surface area contributed by atoms with Crippen LogP contribution in [0.15, 0.2) is 12.2 Å². The first-order valence-corrected chi connectivity index (χ1v) is 5.27. The molecule has 0 aliphatic carbocycles. The summed E-state index contributed by atoms with van der Waals surface area (Å²) in [5.74, 6) is -2.86. The first-order valence-electron chi connectivity index (χ1n) is 5.27. The lowest BCUT2D eigenvalue weighted by molar-refractivity contribution is -0.157. The van der Waals surface area contributed by atoms with Gasteiger partial charge < -0.3 is 19.3 Å². The van der Waals surface area contributed by atoms with Crippen LogP contribution in [-0.2, 0) is 28.6 Å². The van der Waals surface area contributed by atoms with Crippen LogP contribution >= 0.6 is 0 Å². The number of aliphatic carboxylic acids is 1. The minimum absolute atomic E-state index is 0.0697. The van der Waals surface area contributed by atoms with Gasteiger partial charge in [0.15, 0.2) is 6.61 Å². The molecule has 0 saturated heterocycles. The minimum atomic E-state index is -1.20. The Balaban J connectivity index is 3.74. The Bertz CT molecular complexity index is 321. The lowest BCUT2D eigenvalue weighted by Crippen LogP contribution is -2.19. The van der Waals surface area contributed by atoms with Crippen molar-refractivity contribution in [2.45, 2.75) is 13.3 Å². The highest BCUT2D eigenvalue weighted by atomic mass is 16.6. The summed E-state index contributed by atoms with van der Waals surface area (Å²) in [7, 11) is 0. The van der Waals surface area contributed by atoms with Crippen LogP contribution < -0.4 is 0 Å². The lowest BCUT2D eigenvalue weighted by atomic mass is 10.2. The summed E-state index contributed by atoms with van der Waals surface area (Å²) in [5.41, 5.74) is -0.232. The predicted octanol–water partition coefficient (Wildman–Crippen LogP) is 0.140. The predicted molar refractivity (Wildman–Crippen MR) is 59.8 cm³/mol.